The van der Waals surface area contributed by atoms with Crippen molar-refractivity contribution in [1.29, 1.82) is 0 Å². The van der Waals surface area contributed by atoms with Gasteiger partial charge in [0.1, 0.15) is 11.6 Å². The van der Waals surface area contributed by atoms with Crippen molar-refractivity contribution in [1.82, 2.24) is 0 Å². The minimum absolute atomic E-state index is 0.0149. The summed E-state index contributed by atoms with van der Waals surface area (Å²) in [6.45, 7) is -0.0149. The Morgan fingerprint density at radius 1 is 1.12 bits per heavy atom. The maximum Gasteiger partial charge on any atom is 0.150 e. The average molecular weight is 233 g/mol. The molecule has 0 fully saturated rings. The molecular formula is C13H12FNO2. The highest BCUT2D eigenvalue weighted by Gasteiger charge is 2.03. The quantitative estimate of drug-likeness (QED) is 0.801. The van der Waals surface area contributed by atoms with Gasteiger partial charge in [-0.25, -0.2) is 4.39 Å². The van der Waals surface area contributed by atoms with Crippen LogP contribution in [0, 0.1) is 5.82 Å². The Bertz CT molecular complexity index is 511. The summed E-state index contributed by atoms with van der Waals surface area (Å²) >= 11 is 0. The number of rotatable bonds is 3. The molecule has 0 aliphatic heterocycles. The van der Waals surface area contributed by atoms with Gasteiger partial charge in [-0.1, -0.05) is 12.1 Å². The third-order valence-electron chi connectivity index (χ3n) is 2.31. The van der Waals surface area contributed by atoms with Crippen LogP contribution in [0.2, 0.25) is 0 Å². The summed E-state index contributed by atoms with van der Waals surface area (Å²) in [5.41, 5.74) is 6.66. The van der Waals surface area contributed by atoms with Gasteiger partial charge in [0.25, 0.3) is 0 Å². The molecule has 0 aliphatic carbocycles. The van der Waals surface area contributed by atoms with Crippen LogP contribution in [0.4, 0.5) is 10.1 Å². The lowest BCUT2D eigenvalue weighted by Gasteiger charge is -2.08. The lowest BCUT2D eigenvalue weighted by Crippen LogP contribution is -1.93. The van der Waals surface area contributed by atoms with Crippen LogP contribution in [0.1, 0.15) is 5.56 Å². The molecule has 2 aromatic carbocycles. The molecule has 2 aromatic rings. The zero-order valence-corrected chi connectivity index (χ0v) is 9.06. The molecule has 0 heterocycles. The van der Waals surface area contributed by atoms with E-state index in [2.05, 4.69) is 0 Å². The van der Waals surface area contributed by atoms with Crippen LogP contribution in [0.5, 0.6) is 11.5 Å². The summed E-state index contributed by atoms with van der Waals surface area (Å²) in [7, 11) is 0. The van der Waals surface area contributed by atoms with E-state index in [-0.39, 0.29) is 12.3 Å². The zero-order valence-electron chi connectivity index (χ0n) is 9.06. The molecule has 3 N–H and O–H groups in total. The predicted molar refractivity (Wildman–Crippen MR) is 63.3 cm³/mol. The largest absolute Gasteiger partial charge is 0.455 e. The first-order chi connectivity index (χ1) is 8.19. The molecular weight excluding hydrogens is 221 g/mol. The second-order valence-electron chi connectivity index (χ2n) is 3.59. The van der Waals surface area contributed by atoms with E-state index in [1.165, 1.54) is 18.2 Å². The van der Waals surface area contributed by atoms with Crippen molar-refractivity contribution in [3.63, 3.8) is 0 Å². The van der Waals surface area contributed by atoms with Crippen LogP contribution in [0.25, 0.3) is 0 Å². The van der Waals surface area contributed by atoms with Crippen LogP contribution in [0.3, 0.4) is 0 Å². The Morgan fingerprint density at radius 2 is 1.82 bits per heavy atom. The van der Waals surface area contributed by atoms with Gasteiger partial charge < -0.3 is 15.6 Å². The van der Waals surface area contributed by atoms with Crippen molar-refractivity contribution in [3.05, 3.63) is 53.8 Å². The topological polar surface area (TPSA) is 55.5 Å². The fraction of sp³-hybridized carbons (Fsp3) is 0.0769. The minimum Gasteiger partial charge on any atom is -0.455 e. The minimum atomic E-state index is -0.398. The number of benzene rings is 2. The average Bonchev–Trinajstić information content (AvgIpc) is 2.34. The molecule has 3 nitrogen and oxygen atoms in total. The maximum atomic E-state index is 12.8. The summed E-state index contributed by atoms with van der Waals surface area (Å²) in [4.78, 5) is 0. The number of anilines is 1. The molecule has 0 spiro atoms. The number of hydrogen-bond donors (Lipinski definition) is 2. The van der Waals surface area contributed by atoms with Gasteiger partial charge in [0, 0.05) is 6.07 Å². The first-order valence-electron chi connectivity index (χ1n) is 5.12. The second-order valence-corrected chi connectivity index (χ2v) is 3.59. The van der Waals surface area contributed by atoms with E-state index in [1.807, 2.05) is 0 Å². The van der Waals surface area contributed by atoms with Crippen LogP contribution in [-0.2, 0) is 6.61 Å². The summed E-state index contributed by atoms with van der Waals surface area (Å²) in [5, 5.41) is 8.89. The van der Waals surface area contributed by atoms with E-state index in [4.69, 9.17) is 15.6 Å². The third-order valence-corrected chi connectivity index (χ3v) is 2.31. The van der Waals surface area contributed by atoms with Gasteiger partial charge >= 0.3 is 0 Å². The van der Waals surface area contributed by atoms with E-state index in [1.54, 1.807) is 24.3 Å². The first kappa shape index (κ1) is 11.4. The molecule has 17 heavy (non-hydrogen) atoms. The molecule has 2 rings (SSSR count). The lowest BCUT2D eigenvalue weighted by molar-refractivity contribution is 0.281. The van der Waals surface area contributed by atoms with Crippen LogP contribution < -0.4 is 10.5 Å². The first-order valence-corrected chi connectivity index (χ1v) is 5.12. The highest BCUT2D eigenvalue weighted by Crippen LogP contribution is 2.27. The number of aliphatic hydroxyl groups is 1. The van der Waals surface area contributed by atoms with E-state index >= 15 is 0 Å². The third kappa shape index (κ3) is 2.73. The van der Waals surface area contributed by atoms with Gasteiger partial charge in [0.2, 0.25) is 0 Å². The Balaban J connectivity index is 2.19. The van der Waals surface area contributed by atoms with Gasteiger partial charge in [0.15, 0.2) is 5.75 Å². The van der Waals surface area contributed by atoms with Gasteiger partial charge in [0.05, 0.1) is 12.3 Å². The van der Waals surface area contributed by atoms with Crippen molar-refractivity contribution >= 4 is 5.69 Å². The van der Waals surface area contributed by atoms with Gasteiger partial charge in [-0.05, 0) is 29.8 Å². The normalized spacial score (nSPS) is 10.2. The fourth-order valence-corrected chi connectivity index (χ4v) is 1.40. The molecule has 0 saturated carbocycles. The van der Waals surface area contributed by atoms with Crippen LogP contribution in [0.15, 0.2) is 42.5 Å². The number of hydrogen-bond acceptors (Lipinski definition) is 3. The van der Waals surface area contributed by atoms with Gasteiger partial charge in [-0.2, -0.15) is 0 Å². The van der Waals surface area contributed by atoms with Gasteiger partial charge in [-0.3, -0.25) is 0 Å². The summed E-state index contributed by atoms with van der Waals surface area (Å²) in [5.74, 6) is 0.592. The number of nitrogen functional groups attached to an aromatic ring is 1. The standard InChI is InChI=1S/C13H12FNO2/c14-10-3-6-13(12(15)7-10)17-11-4-1-9(8-16)2-5-11/h1-7,16H,8,15H2. The summed E-state index contributed by atoms with van der Waals surface area (Å²) in [6.07, 6.45) is 0. The molecule has 0 aromatic heterocycles. The molecule has 0 aliphatic rings. The molecule has 0 bridgehead atoms. The molecule has 0 radical (unpaired) electrons. The van der Waals surface area contributed by atoms with Crippen molar-refractivity contribution in [2.75, 3.05) is 5.73 Å². The monoisotopic (exact) mass is 233 g/mol. The lowest BCUT2D eigenvalue weighted by atomic mass is 10.2. The number of nitrogens with two attached hydrogens (primary N) is 1. The zero-order chi connectivity index (χ0) is 12.3. The predicted octanol–water partition coefficient (Wildman–Crippen LogP) is 2.69. The highest BCUT2D eigenvalue weighted by molar-refractivity contribution is 5.53. The van der Waals surface area contributed by atoms with Crippen LogP contribution >= 0.6 is 0 Å². The van der Waals surface area contributed by atoms with Crippen LogP contribution in [-0.4, -0.2) is 5.11 Å². The maximum absolute atomic E-state index is 12.8. The van der Waals surface area contributed by atoms with E-state index < -0.39 is 5.82 Å². The van der Waals surface area contributed by atoms with Crippen molar-refractivity contribution in [2.45, 2.75) is 6.61 Å². The van der Waals surface area contributed by atoms with Crippen molar-refractivity contribution < 1.29 is 14.2 Å². The number of halogens is 1. The Kier molecular flexibility index (Phi) is 3.25. The molecule has 88 valence electrons. The highest BCUT2D eigenvalue weighted by atomic mass is 19.1. The number of aliphatic hydroxyl groups excluding tert-OH is 1. The molecule has 0 amide bonds. The molecule has 0 atom stereocenters. The second kappa shape index (κ2) is 4.84. The van der Waals surface area contributed by atoms with E-state index in [0.29, 0.717) is 11.5 Å². The van der Waals surface area contributed by atoms with Crippen molar-refractivity contribution in [2.24, 2.45) is 0 Å². The van der Waals surface area contributed by atoms with Crippen molar-refractivity contribution in [3.8, 4) is 11.5 Å². The van der Waals surface area contributed by atoms with Gasteiger partial charge in [-0.15, -0.1) is 0 Å². The SMILES string of the molecule is Nc1cc(F)ccc1Oc1ccc(CO)cc1. The smallest absolute Gasteiger partial charge is 0.150 e. The molecule has 0 saturated heterocycles. The Morgan fingerprint density at radius 3 is 2.41 bits per heavy atom. The molecule has 0 unspecified atom stereocenters. The van der Waals surface area contributed by atoms with E-state index in [9.17, 15) is 4.39 Å². The number of ether oxygens (including phenoxy) is 1. The Hall–Kier alpha value is -2.07. The van der Waals surface area contributed by atoms with E-state index in [0.717, 1.165) is 5.56 Å². The fourth-order valence-electron chi connectivity index (χ4n) is 1.40. The summed E-state index contributed by atoms with van der Waals surface area (Å²) < 4.78 is 18.3. The Labute approximate surface area is 98.3 Å². The summed E-state index contributed by atoms with van der Waals surface area (Å²) in [6, 6.07) is 10.9. The molecule has 4 heteroatoms.